The molecule has 0 spiro atoms. The van der Waals surface area contributed by atoms with E-state index in [0.717, 1.165) is 0 Å². The minimum Gasteiger partial charge on any atom is 0 e. The summed E-state index contributed by atoms with van der Waals surface area (Å²) < 4.78 is 0. The fourth-order valence-corrected chi connectivity index (χ4v) is 0. The van der Waals surface area contributed by atoms with Crippen molar-refractivity contribution in [3.05, 3.63) is 0 Å². The zero-order valence-electron chi connectivity index (χ0n) is 2.47. The van der Waals surface area contributed by atoms with Gasteiger partial charge >= 0.3 is 0 Å². The Labute approximate surface area is 78.0 Å². The minimum atomic E-state index is 0. The predicted octanol–water partition coefficient (Wildman–Crippen LogP) is -0.388. The molecule has 0 nitrogen and oxygen atoms in total. The molecule has 0 aliphatic heterocycles. The van der Waals surface area contributed by atoms with Crippen molar-refractivity contribution >= 4 is 23.1 Å². The quantitative estimate of drug-likeness (QED) is 0.478. The molecular formula is FeMgZn2. The van der Waals surface area contributed by atoms with Crippen LogP contribution in [0.5, 0.6) is 0 Å². The molecule has 2 radical (unpaired) electrons. The molecule has 0 aromatic rings. The maximum atomic E-state index is 0. The average molecular weight is 211 g/mol. The molecule has 0 saturated heterocycles. The summed E-state index contributed by atoms with van der Waals surface area (Å²) in [7, 11) is 0. The SMILES string of the molecule is [Fe].[Mg].[Zn].[Zn]. The maximum absolute atomic E-state index is 0. The third kappa shape index (κ3) is 8.82. The van der Waals surface area contributed by atoms with E-state index >= 15 is 0 Å². The van der Waals surface area contributed by atoms with E-state index in [2.05, 4.69) is 0 Å². The van der Waals surface area contributed by atoms with Gasteiger partial charge in [-0.3, -0.25) is 0 Å². The van der Waals surface area contributed by atoms with Crippen LogP contribution >= 0.6 is 0 Å². The smallest absolute Gasteiger partial charge is 0 e. The first kappa shape index (κ1) is 31.2. The van der Waals surface area contributed by atoms with Crippen LogP contribution in [0.1, 0.15) is 0 Å². The van der Waals surface area contributed by atoms with Gasteiger partial charge in [-0.15, -0.1) is 0 Å². The van der Waals surface area contributed by atoms with E-state index in [9.17, 15) is 0 Å². The molecule has 0 aliphatic carbocycles. The van der Waals surface area contributed by atoms with Gasteiger partial charge in [0.1, 0.15) is 0 Å². The van der Waals surface area contributed by atoms with Crippen LogP contribution in [0.15, 0.2) is 0 Å². The Morgan fingerprint density at radius 1 is 0.750 bits per heavy atom. The molecule has 0 amide bonds. The summed E-state index contributed by atoms with van der Waals surface area (Å²) in [6.45, 7) is 0. The summed E-state index contributed by atoms with van der Waals surface area (Å²) in [6, 6.07) is 0. The Balaban J connectivity index is 0. The van der Waals surface area contributed by atoms with Gasteiger partial charge in [0.25, 0.3) is 0 Å². The van der Waals surface area contributed by atoms with E-state index in [1.54, 1.807) is 0 Å². The third-order valence-electron chi connectivity index (χ3n) is 0. The van der Waals surface area contributed by atoms with Crippen molar-refractivity contribution in [1.82, 2.24) is 0 Å². The van der Waals surface area contributed by atoms with Gasteiger partial charge in [-0.05, 0) is 0 Å². The van der Waals surface area contributed by atoms with E-state index in [-0.39, 0.29) is 79.1 Å². The zero-order valence-corrected chi connectivity index (χ0v) is 10.9. The van der Waals surface area contributed by atoms with E-state index in [0.29, 0.717) is 0 Å². The van der Waals surface area contributed by atoms with Gasteiger partial charge in [-0.2, -0.15) is 0 Å². The van der Waals surface area contributed by atoms with Gasteiger partial charge < -0.3 is 0 Å². The summed E-state index contributed by atoms with van der Waals surface area (Å²) in [5.74, 6) is 0. The Kier molecular flexibility index (Phi) is 138. The van der Waals surface area contributed by atoms with Crippen molar-refractivity contribution in [3.8, 4) is 0 Å². The van der Waals surface area contributed by atoms with Crippen LogP contribution in [0.3, 0.4) is 0 Å². The monoisotopic (exact) mass is 208 g/mol. The molecule has 4 heavy (non-hydrogen) atoms. The van der Waals surface area contributed by atoms with E-state index in [1.807, 2.05) is 0 Å². The summed E-state index contributed by atoms with van der Waals surface area (Å²) in [4.78, 5) is 0. The molecule has 0 atom stereocenters. The second-order valence-electron chi connectivity index (χ2n) is 0. The first-order valence-electron chi connectivity index (χ1n) is 0. The topological polar surface area (TPSA) is 0 Å². The van der Waals surface area contributed by atoms with Crippen molar-refractivity contribution in [2.45, 2.75) is 0 Å². The predicted molar refractivity (Wildman–Crippen MR) is 5.75 cm³/mol. The molecule has 0 unspecified atom stereocenters. The normalized spacial score (nSPS) is 0. The Morgan fingerprint density at radius 2 is 0.750 bits per heavy atom. The summed E-state index contributed by atoms with van der Waals surface area (Å²) in [6.07, 6.45) is 0. The molecular weight excluding hydrogens is 211 g/mol. The maximum Gasteiger partial charge on any atom is 0 e. The van der Waals surface area contributed by atoms with E-state index in [4.69, 9.17) is 0 Å². The second kappa shape index (κ2) is 17.7. The first-order valence-corrected chi connectivity index (χ1v) is 0. The molecule has 14 valence electrons. The van der Waals surface area contributed by atoms with Crippen LogP contribution in [0.25, 0.3) is 0 Å². The standard InChI is InChI=1S/Fe.Mg.2Zn. The van der Waals surface area contributed by atoms with Crippen molar-refractivity contribution in [2.24, 2.45) is 0 Å². The minimum absolute atomic E-state index is 0. The molecule has 0 fully saturated rings. The van der Waals surface area contributed by atoms with Gasteiger partial charge in [0.2, 0.25) is 0 Å². The van der Waals surface area contributed by atoms with Crippen LogP contribution in [-0.2, 0) is 56.0 Å². The average Bonchev–Trinajstić information content (AvgIpc) is 0. The van der Waals surface area contributed by atoms with Crippen molar-refractivity contribution in [2.75, 3.05) is 0 Å². The molecule has 0 aliphatic rings. The summed E-state index contributed by atoms with van der Waals surface area (Å²) in [5, 5.41) is 0. The van der Waals surface area contributed by atoms with Crippen LogP contribution in [0, 0.1) is 0 Å². The van der Waals surface area contributed by atoms with E-state index < -0.39 is 0 Å². The van der Waals surface area contributed by atoms with Crippen molar-refractivity contribution in [3.63, 3.8) is 0 Å². The van der Waals surface area contributed by atoms with Gasteiger partial charge in [0, 0.05) is 79.1 Å². The van der Waals surface area contributed by atoms with E-state index in [1.165, 1.54) is 0 Å². The third-order valence-corrected chi connectivity index (χ3v) is 0. The Hall–Kier alpha value is 2.53. The largest absolute Gasteiger partial charge is 0 e. The fourth-order valence-electron chi connectivity index (χ4n) is 0. The number of rotatable bonds is 0. The number of hydrogen-bond acceptors (Lipinski definition) is 0. The second-order valence-corrected chi connectivity index (χ2v) is 0. The van der Waals surface area contributed by atoms with Gasteiger partial charge in [0.05, 0.1) is 0 Å². The van der Waals surface area contributed by atoms with Crippen LogP contribution in [0.4, 0.5) is 0 Å². The zero-order chi connectivity index (χ0) is 0. The molecule has 4 heteroatoms. The fraction of sp³-hybridized carbons (Fsp3) is 0. The molecule has 0 heterocycles. The summed E-state index contributed by atoms with van der Waals surface area (Å²) in [5.41, 5.74) is 0. The van der Waals surface area contributed by atoms with Crippen LogP contribution < -0.4 is 0 Å². The van der Waals surface area contributed by atoms with Crippen LogP contribution in [-0.4, -0.2) is 23.1 Å². The molecule has 0 rings (SSSR count). The van der Waals surface area contributed by atoms with Crippen molar-refractivity contribution < 1.29 is 56.0 Å². The molecule has 0 aromatic heterocycles. The Bertz CT molecular complexity index is 6.00. The molecule has 0 bridgehead atoms. The van der Waals surface area contributed by atoms with Gasteiger partial charge in [0.15, 0.2) is 0 Å². The Morgan fingerprint density at radius 3 is 0.750 bits per heavy atom. The van der Waals surface area contributed by atoms with Crippen LogP contribution in [0.2, 0.25) is 0 Å². The molecule has 0 N–H and O–H groups in total. The first-order chi connectivity index (χ1) is 0. The number of hydrogen-bond donors (Lipinski definition) is 0. The molecule has 0 saturated carbocycles. The van der Waals surface area contributed by atoms with Gasteiger partial charge in [-0.25, -0.2) is 0 Å². The van der Waals surface area contributed by atoms with Crippen molar-refractivity contribution in [1.29, 1.82) is 0 Å². The van der Waals surface area contributed by atoms with Gasteiger partial charge in [-0.1, -0.05) is 0 Å². The molecule has 0 aromatic carbocycles. The summed E-state index contributed by atoms with van der Waals surface area (Å²) >= 11 is 0.